The summed E-state index contributed by atoms with van der Waals surface area (Å²) in [5.41, 5.74) is 2.14. The number of benzene rings is 1. The van der Waals surface area contributed by atoms with Crippen LogP contribution in [0.15, 0.2) is 24.3 Å². The van der Waals surface area contributed by atoms with Gasteiger partial charge in [-0.15, -0.1) is 0 Å². The molecule has 2 fully saturated rings. The molecule has 3 rings (SSSR count). The SMILES string of the molecule is CO[C@H]1OC2CO[C@@H](c3ccccc3C)O[C@H]2[C@H](OC)[C@H]1OC. The van der Waals surface area contributed by atoms with Crippen LogP contribution >= 0.6 is 0 Å². The van der Waals surface area contributed by atoms with E-state index < -0.39 is 12.6 Å². The number of fused-ring (bicyclic) bond motifs is 1. The zero-order valence-corrected chi connectivity index (χ0v) is 13.9. The molecule has 2 saturated heterocycles. The molecular formula is C17H24O6. The molecular weight excluding hydrogens is 300 g/mol. The summed E-state index contributed by atoms with van der Waals surface area (Å²) >= 11 is 0. The maximum Gasteiger partial charge on any atom is 0.186 e. The molecule has 0 radical (unpaired) electrons. The zero-order valence-electron chi connectivity index (χ0n) is 13.9. The zero-order chi connectivity index (χ0) is 16.4. The summed E-state index contributed by atoms with van der Waals surface area (Å²) in [6, 6.07) is 8.03. The lowest BCUT2D eigenvalue weighted by molar-refractivity contribution is -0.363. The van der Waals surface area contributed by atoms with Gasteiger partial charge in [0.2, 0.25) is 0 Å². The largest absolute Gasteiger partial charge is 0.376 e. The molecule has 2 heterocycles. The van der Waals surface area contributed by atoms with Crippen molar-refractivity contribution in [1.82, 2.24) is 0 Å². The van der Waals surface area contributed by atoms with E-state index in [1.807, 2.05) is 31.2 Å². The molecule has 6 nitrogen and oxygen atoms in total. The number of rotatable bonds is 4. The van der Waals surface area contributed by atoms with Gasteiger partial charge < -0.3 is 28.4 Å². The van der Waals surface area contributed by atoms with Crippen molar-refractivity contribution in [2.75, 3.05) is 27.9 Å². The first-order valence-corrected chi connectivity index (χ1v) is 7.76. The molecule has 2 aliphatic rings. The highest BCUT2D eigenvalue weighted by atomic mass is 16.8. The van der Waals surface area contributed by atoms with Gasteiger partial charge in [-0.2, -0.15) is 0 Å². The van der Waals surface area contributed by atoms with Crippen molar-refractivity contribution >= 4 is 0 Å². The molecule has 0 spiro atoms. The van der Waals surface area contributed by atoms with Gasteiger partial charge in [-0.25, -0.2) is 0 Å². The predicted octanol–water partition coefficient (Wildman–Crippen LogP) is 1.81. The molecule has 0 aliphatic carbocycles. The Hall–Kier alpha value is -1.02. The Morgan fingerprint density at radius 2 is 1.70 bits per heavy atom. The third-order valence-corrected chi connectivity index (χ3v) is 4.50. The Kier molecular flexibility index (Phi) is 5.31. The van der Waals surface area contributed by atoms with Crippen molar-refractivity contribution in [1.29, 1.82) is 0 Å². The first-order valence-electron chi connectivity index (χ1n) is 7.76. The summed E-state index contributed by atoms with van der Waals surface area (Å²) in [6.45, 7) is 2.46. The van der Waals surface area contributed by atoms with Crippen molar-refractivity contribution in [2.45, 2.75) is 43.9 Å². The third-order valence-electron chi connectivity index (χ3n) is 4.50. The van der Waals surface area contributed by atoms with E-state index in [2.05, 4.69) is 0 Å². The van der Waals surface area contributed by atoms with Crippen molar-refractivity contribution in [3.05, 3.63) is 35.4 Å². The quantitative estimate of drug-likeness (QED) is 0.842. The van der Waals surface area contributed by atoms with E-state index in [0.29, 0.717) is 6.61 Å². The average Bonchev–Trinajstić information content (AvgIpc) is 2.59. The van der Waals surface area contributed by atoms with Gasteiger partial charge in [0.15, 0.2) is 12.6 Å². The molecule has 0 amide bonds. The molecule has 128 valence electrons. The van der Waals surface area contributed by atoms with Crippen LogP contribution in [-0.4, -0.2) is 58.6 Å². The Morgan fingerprint density at radius 1 is 0.957 bits per heavy atom. The smallest absolute Gasteiger partial charge is 0.186 e. The Bertz CT molecular complexity index is 522. The van der Waals surface area contributed by atoms with Gasteiger partial charge in [-0.1, -0.05) is 24.3 Å². The molecule has 23 heavy (non-hydrogen) atoms. The van der Waals surface area contributed by atoms with E-state index in [0.717, 1.165) is 11.1 Å². The second-order valence-corrected chi connectivity index (χ2v) is 5.80. The van der Waals surface area contributed by atoms with E-state index in [9.17, 15) is 0 Å². The van der Waals surface area contributed by atoms with Crippen molar-refractivity contribution < 1.29 is 28.4 Å². The summed E-state index contributed by atoms with van der Waals surface area (Å²) in [5, 5.41) is 0. The highest BCUT2D eigenvalue weighted by molar-refractivity contribution is 5.27. The van der Waals surface area contributed by atoms with Crippen molar-refractivity contribution in [3.8, 4) is 0 Å². The lowest BCUT2D eigenvalue weighted by Gasteiger charge is -2.48. The second-order valence-electron chi connectivity index (χ2n) is 5.80. The van der Waals surface area contributed by atoms with Crippen LogP contribution in [0.1, 0.15) is 17.4 Å². The van der Waals surface area contributed by atoms with E-state index in [1.165, 1.54) is 0 Å². The molecule has 0 saturated carbocycles. The summed E-state index contributed by atoms with van der Waals surface area (Å²) in [4.78, 5) is 0. The Balaban J connectivity index is 1.82. The minimum absolute atomic E-state index is 0.253. The van der Waals surface area contributed by atoms with Crippen LogP contribution < -0.4 is 0 Å². The topological polar surface area (TPSA) is 55.4 Å². The van der Waals surface area contributed by atoms with Gasteiger partial charge in [0.25, 0.3) is 0 Å². The van der Waals surface area contributed by atoms with Crippen LogP contribution in [0.2, 0.25) is 0 Å². The lowest BCUT2D eigenvalue weighted by Crippen LogP contribution is -2.63. The number of aryl methyl sites for hydroxylation is 1. The lowest BCUT2D eigenvalue weighted by atomic mass is 9.97. The molecule has 1 unspecified atom stereocenters. The molecule has 0 aromatic heterocycles. The number of hydrogen-bond donors (Lipinski definition) is 0. The van der Waals surface area contributed by atoms with Crippen LogP contribution in [0.25, 0.3) is 0 Å². The fraction of sp³-hybridized carbons (Fsp3) is 0.647. The van der Waals surface area contributed by atoms with Crippen LogP contribution in [0.3, 0.4) is 0 Å². The maximum absolute atomic E-state index is 6.18. The van der Waals surface area contributed by atoms with E-state index in [-0.39, 0.29) is 24.4 Å². The average molecular weight is 324 g/mol. The molecule has 6 atom stereocenters. The number of ether oxygens (including phenoxy) is 6. The molecule has 6 heteroatoms. The van der Waals surface area contributed by atoms with Crippen LogP contribution in [-0.2, 0) is 28.4 Å². The molecule has 2 aliphatic heterocycles. The summed E-state index contributed by atoms with van der Waals surface area (Å²) in [6.07, 6.45) is -2.13. The van der Waals surface area contributed by atoms with Crippen molar-refractivity contribution in [2.24, 2.45) is 0 Å². The highest BCUT2D eigenvalue weighted by Gasteiger charge is 2.50. The first-order chi connectivity index (χ1) is 11.2. The minimum atomic E-state index is -0.506. The van der Waals surface area contributed by atoms with Crippen LogP contribution in [0, 0.1) is 6.92 Å². The van der Waals surface area contributed by atoms with Crippen LogP contribution in [0.4, 0.5) is 0 Å². The van der Waals surface area contributed by atoms with Gasteiger partial charge in [-0.3, -0.25) is 0 Å². The fourth-order valence-electron chi connectivity index (χ4n) is 3.26. The highest BCUT2D eigenvalue weighted by Crippen LogP contribution is 2.36. The summed E-state index contributed by atoms with van der Waals surface area (Å²) in [7, 11) is 4.85. The normalized spacial score (nSPS) is 37.4. The molecule has 1 aromatic carbocycles. The molecule has 0 N–H and O–H groups in total. The summed E-state index contributed by atoms with van der Waals surface area (Å²) < 4.78 is 34.5. The van der Waals surface area contributed by atoms with Gasteiger partial charge in [0.1, 0.15) is 24.4 Å². The maximum atomic E-state index is 6.18. The number of methoxy groups -OCH3 is 3. The van der Waals surface area contributed by atoms with E-state index in [4.69, 9.17) is 28.4 Å². The fourth-order valence-corrected chi connectivity index (χ4v) is 3.26. The van der Waals surface area contributed by atoms with Gasteiger partial charge in [0, 0.05) is 26.9 Å². The second kappa shape index (κ2) is 7.25. The third kappa shape index (κ3) is 3.15. The van der Waals surface area contributed by atoms with Gasteiger partial charge in [0.05, 0.1) is 6.61 Å². The predicted molar refractivity (Wildman–Crippen MR) is 82.0 cm³/mol. The summed E-state index contributed by atoms with van der Waals surface area (Å²) in [5.74, 6) is 0. The molecule has 0 bridgehead atoms. The monoisotopic (exact) mass is 324 g/mol. The minimum Gasteiger partial charge on any atom is -0.376 e. The van der Waals surface area contributed by atoms with Gasteiger partial charge >= 0.3 is 0 Å². The Labute approximate surface area is 136 Å². The van der Waals surface area contributed by atoms with Gasteiger partial charge in [-0.05, 0) is 12.5 Å². The molecule has 1 aromatic rings. The first kappa shape index (κ1) is 16.8. The van der Waals surface area contributed by atoms with E-state index >= 15 is 0 Å². The van der Waals surface area contributed by atoms with Crippen LogP contribution in [0.5, 0.6) is 0 Å². The number of hydrogen-bond acceptors (Lipinski definition) is 6. The Morgan fingerprint density at radius 3 is 2.35 bits per heavy atom. The standard InChI is InChI=1S/C17H24O6/c1-10-7-5-6-8-11(10)16-21-9-12-13(23-16)14(18-2)15(19-3)17(20-4)22-12/h5-8,12-17H,9H2,1-4H3/t12?,13-,14+,15-,16-,17+/m1/s1. The van der Waals surface area contributed by atoms with E-state index in [1.54, 1.807) is 21.3 Å². The van der Waals surface area contributed by atoms with Crippen molar-refractivity contribution in [3.63, 3.8) is 0 Å².